The van der Waals surface area contributed by atoms with Crippen LogP contribution in [0.3, 0.4) is 0 Å². The third kappa shape index (κ3) is 3.13. The van der Waals surface area contributed by atoms with E-state index in [4.69, 9.17) is 5.73 Å². The summed E-state index contributed by atoms with van der Waals surface area (Å²) in [5, 5.41) is 5.20. The van der Waals surface area contributed by atoms with E-state index in [1.54, 1.807) is 10.9 Å². The van der Waals surface area contributed by atoms with E-state index >= 15 is 0 Å². The average Bonchev–Trinajstić information content (AvgIpc) is 3.03. The number of amides is 1. The molecule has 25 heavy (non-hydrogen) atoms. The highest BCUT2D eigenvalue weighted by molar-refractivity contribution is 6.04. The van der Waals surface area contributed by atoms with Crippen LogP contribution in [-0.4, -0.2) is 38.7 Å². The molecular formula is C19H21N5O. The highest BCUT2D eigenvalue weighted by Crippen LogP contribution is 2.22. The average molecular weight is 335 g/mol. The van der Waals surface area contributed by atoms with E-state index in [1.807, 2.05) is 30.5 Å². The largest absolute Gasteiger partial charge is 0.364 e. The summed E-state index contributed by atoms with van der Waals surface area (Å²) in [6, 6.07) is 9.70. The van der Waals surface area contributed by atoms with E-state index in [0.717, 1.165) is 41.8 Å². The second kappa shape index (κ2) is 6.64. The SMILES string of the molecule is NC(=O)c1nn(-c2cncc(CN3CCCCC3)c2)c2ccccc12. The standard InChI is InChI=1S/C19H21N5O/c20-19(25)18-16-6-2-3-7-17(16)24(22-18)15-10-14(11-21-12-15)13-23-8-4-1-5-9-23/h2-3,6-7,10-12H,1,4-5,8-9,13H2,(H2,20,25). The number of fused-ring (bicyclic) bond motifs is 1. The summed E-state index contributed by atoms with van der Waals surface area (Å²) in [7, 11) is 0. The van der Waals surface area contributed by atoms with Crippen molar-refractivity contribution < 1.29 is 4.79 Å². The van der Waals surface area contributed by atoms with E-state index < -0.39 is 5.91 Å². The molecule has 6 heteroatoms. The van der Waals surface area contributed by atoms with Gasteiger partial charge in [0.1, 0.15) is 0 Å². The molecule has 1 saturated heterocycles. The molecule has 3 heterocycles. The van der Waals surface area contributed by atoms with E-state index in [0.29, 0.717) is 0 Å². The number of aromatic nitrogens is 3. The van der Waals surface area contributed by atoms with Gasteiger partial charge in [0.25, 0.3) is 5.91 Å². The molecule has 128 valence electrons. The van der Waals surface area contributed by atoms with Crippen molar-refractivity contribution in [3.8, 4) is 5.69 Å². The molecule has 4 rings (SSSR count). The highest BCUT2D eigenvalue weighted by atomic mass is 16.1. The van der Waals surface area contributed by atoms with E-state index in [9.17, 15) is 4.79 Å². The minimum Gasteiger partial charge on any atom is -0.364 e. The van der Waals surface area contributed by atoms with Crippen molar-refractivity contribution in [1.82, 2.24) is 19.7 Å². The van der Waals surface area contributed by atoms with Gasteiger partial charge in [0.15, 0.2) is 5.69 Å². The van der Waals surface area contributed by atoms with Gasteiger partial charge in [-0.2, -0.15) is 5.10 Å². The highest BCUT2D eigenvalue weighted by Gasteiger charge is 2.16. The number of carbonyl (C=O) groups is 1. The number of hydrogen-bond acceptors (Lipinski definition) is 4. The molecule has 1 aliphatic heterocycles. The second-order valence-corrected chi connectivity index (χ2v) is 6.53. The lowest BCUT2D eigenvalue weighted by Crippen LogP contribution is -2.29. The van der Waals surface area contributed by atoms with Crippen molar-refractivity contribution in [2.45, 2.75) is 25.8 Å². The summed E-state index contributed by atoms with van der Waals surface area (Å²) in [6.45, 7) is 3.17. The third-order valence-corrected chi connectivity index (χ3v) is 4.70. The minimum absolute atomic E-state index is 0.289. The van der Waals surface area contributed by atoms with Crippen molar-refractivity contribution in [2.24, 2.45) is 5.73 Å². The number of pyridine rings is 1. The number of carbonyl (C=O) groups excluding carboxylic acids is 1. The van der Waals surface area contributed by atoms with E-state index in [2.05, 4.69) is 21.0 Å². The lowest BCUT2D eigenvalue weighted by molar-refractivity contribution is 0.0996. The molecule has 0 unspecified atom stereocenters. The lowest BCUT2D eigenvalue weighted by atomic mass is 10.1. The van der Waals surface area contributed by atoms with Crippen LogP contribution in [0.1, 0.15) is 35.3 Å². The monoisotopic (exact) mass is 335 g/mol. The molecule has 1 amide bonds. The zero-order valence-corrected chi connectivity index (χ0v) is 14.1. The fraction of sp³-hybridized carbons (Fsp3) is 0.316. The fourth-order valence-electron chi connectivity index (χ4n) is 3.50. The smallest absolute Gasteiger partial charge is 0.269 e. The van der Waals surface area contributed by atoms with E-state index in [-0.39, 0.29) is 5.69 Å². The van der Waals surface area contributed by atoms with Crippen molar-refractivity contribution in [2.75, 3.05) is 13.1 Å². The van der Waals surface area contributed by atoms with Crippen LogP contribution in [-0.2, 0) is 6.54 Å². The summed E-state index contributed by atoms with van der Waals surface area (Å²) in [5.74, 6) is -0.521. The second-order valence-electron chi connectivity index (χ2n) is 6.53. The number of para-hydroxylation sites is 1. The predicted molar refractivity (Wildman–Crippen MR) is 96.5 cm³/mol. The summed E-state index contributed by atoms with van der Waals surface area (Å²) in [5.41, 5.74) is 8.63. The summed E-state index contributed by atoms with van der Waals surface area (Å²) in [6.07, 6.45) is 7.52. The van der Waals surface area contributed by atoms with Gasteiger partial charge in [0.05, 0.1) is 17.4 Å². The molecule has 0 bridgehead atoms. The van der Waals surface area contributed by atoms with Crippen LogP contribution in [0.2, 0.25) is 0 Å². The van der Waals surface area contributed by atoms with Crippen LogP contribution in [0, 0.1) is 0 Å². The number of primary amides is 1. The van der Waals surface area contributed by atoms with Gasteiger partial charge in [-0.3, -0.25) is 14.7 Å². The van der Waals surface area contributed by atoms with Crippen LogP contribution >= 0.6 is 0 Å². The Balaban J connectivity index is 1.71. The molecule has 6 nitrogen and oxygen atoms in total. The number of likely N-dealkylation sites (tertiary alicyclic amines) is 1. The Morgan fingerprint density at radius 2 is 1.92 bits per heavy atom. The van der Waals surface area contributed by atoms with Gasteiger partial charge < -0.3 is 5.73 Å². The first-order valence-corrected chi connectivity index (χ1v) is 8.66. The molecule has 0 spiro atoms. The number of piperidine rings is 1. The zero-order chi connectivity index (χ0) is 17.2. The summed E-state index contributed by atoms with van der Waals surface area (Å²) >= 11 is 0. The van der Waals surface area contributed by atoms with Crippen LogP contribution in [0.15, 0.2) is 42.7 Å². The van der Waals surface area contributed by atoms with Crippen LogP contribution in [0.5, 0.6) is 0 Å². The van der Waals surface area contributed by atoms with Crippen LogP contribution in [0.4, 0.5) is 0 Å². The van der Waals surface area contributed by atoms with Crippen molar-refractivity contribution >= 4 is 16.8 Å². The Labute approximate surface area is 146 Å². The molecule has 1 fully saturated rings. The molecule has 1 aromatic carbocycles. The number of benzene rings is 1. The minimum atomic E-state index is -0.521. The van der Waals surface area contributed by atoms with Crippen LogP contribution in [0.25, 0.3) is 16.6 Å². The molecule has 0 radical (unpaired) electrons. The molecule has 0 saturated carbocycles. The molecular weight excluding hydrogens is 314 g/mol. The Morgan fingerprint density at radius 3 is 2.72 bits per heavy atom. The molecule has 3 aromatic rings. The maximum absolute atomic E-state index is 11.7. The molecule has 0 atom stereocenters. The first-order chi connectivity index (χ1) is 12.2. The maximum Gasteiger partial charge on any atom is 0.269 e. The normalized spacial score (nSPS) is 15.5. The topological polar surface area (TPSA) is 77.0 Å². The van der Waals surface area contributed by atoms with Crippen molar-refractivity contribution in [1.29, 1.82) is 0 Å². The Hall–Kier alpha value is -2.73. The predicted octanol–water partition coefficient (Wildman–Crippen LogP) is 2.51. The van der Waals surface area contributed by atoms with Gasteiger partial charge in [0.2, 0.25) is 0 Å². The fourth-order valence-corrected chi connectivity index (χ4v) is 3.50. The molecule has 0 aliphatic carbocycles. The molecule has 2 N–H and O–H groups in total. The maximum atomic E-state index is 11.7. The quantitative estimate of drug-likeness (QED) is 0.795. The zero-order valence-electron chi connectivity index (χ0n) is 14.1. The van der Waals surface area contributed by atoms with Gasteiger partial charge in [-0.25, -0.2) is 4.68 Å². The van der Waals surface area contributed by atoms with Crippen LogP contribution < -0.4 is 5.73 Å². The number of hydrogen-bond donors (Lipinski definition) is 1. The molecule has 1 aliphatic rings. The number of nitrogens with zero attached hydrogens (tertiary/aromatic N) is 4. The van der Waals surface area contributed by atoms with Crippen molar-refractivity contribution in [3.05, 3.63) is 54.0 Å². The first-order valence-electron chi connectivity index (χ1n) is 8.66. The first kappa shape index (κ1) is 15.8. The van der Waals surface area contributed by atoms with Gasteiger partial charge >= 0.3 is 0 Å². The summed E-state index contributed by atoms with van der Waals surface area (Å²) < 4.78 is 1.75. The third-order valence-electron chi connectivity index (χ3n) is 4.70. The van der Waals surface area contributed by atoms with Gasteiger partial charge in [0, 0.05) is 18.1 Å². The Morgan fingerprint density at radius 1 is 1.12 bits per heavy atom. The van der Waals surface area contributed by atoms with Gasteiger partial charge in [-0.15, -0.1) is 0 Å². The summed E-state index contributed by atoms with van der Waals surface area (Å²) in [4.78, 5) is 18.6. The molecule has 2 aromatic heterocycles. The number of rotatable bonds is 4. The van der Waals surface area contributed by atoms with Crippen molar-refractivity contribution in [3.63, 3.8) is 0 Å². The number of nitrogens with two attached hydrogens (primary N) is 1. The van der Waals surface area contributed by atoms with Gasteiger partial charge in [-0.1, -0.05) is 24.6 Å². The lowest BCUT2D eigenvalue weighted by Gasteiger charge is -2.26. The Kier molecular flexibility index (Phi) is 4.19. The Bertz CT molecular complexity index is 911. The van der Waals surface area contributed by atoms with Gasteiger partial charge in [-0.05, 0) is 43.6 Å². The van der Waals surface area contributed by atoms with E-state index in [1.165, 1.54) is 19.3 Å².